The maximum Gasteiger partial charge on any atom is 0.229 e. The van der Waals surface area contributed by atoms with E-state index in [0.717, 1.165) is 150 Å². The van der Waals surface area contributed by atoms with Gasteiger partial charge in [0.25, 0.3) is 0 Å². The molecule has 9 aromatic carbocycles. The smallest absolute Gasteiger partial charge is 0.229 e. The predicted octanol–water partition coefficient (Wildman–Crippen LogP) is 17.8. The van der Waals surface area contributed by atoms with Crippen LogP contribution in [-0.4, -0.2) is 63.5 Å². The molecule has 0 aliphatic heterocycles. The van der Waals surface area contributed by atoms with E-state index >= 15 is 0 Å². The summed E-state index contributed by atoms with van der Waals surface area (Å²) in [4.78, 5) is 86.9. The van der Waals surface area contributed by atoms with Gasteiger partial charge in [-0.2, -0.15) is 0 Å². The van der Waals surface area contributed by atoms with Gasteiger partial charge in [0.1, 0.15) is 23.3 Å². The first kappa shape index (κ1) is 75.0. The molecule has 4 aromatic heterocycles. The van der Waals surface area contributed by atoms with Gasteiger partial charge in [-0.1, -0.05) is 133 Å². The van der Waals surface area contributed by atoms with Gasteiger partial charge in [-0.3, -0.25) is 19.2 Å². The van der Waals surface area contributed by atoms with Crippen LogP contribution in [0.15, 0.2) is 206 Å². The number of amides is 4. The van der Waals surface area contributed by atoms with Crippen molar-refractivity contribution >= 4 is 57.7 Å². The number of hydrogen-bond acceptors (Lipinski definition) is 12. The van der Waals surface area contributed by atoms with Gasteiger partial charge in [0.2, 0.25) is 23.6 Å². The van der Waals surface area contributed by atoms with Crippen molar-refractivity contribution in [1.82, 2.24) is 39.9 Å². The molecule has 0 spiro atoms. The second kappa shape index (κ2) is 34.2. The third-order valence-electron chi connectivity index (χ3n) is 20.0. The zero-order valence-electron chi connectivity index (χ0n) is 62.0. The molecule has 4 heterocycles. The van der Waals surface area contributed by atoms with Crippen LogP contribution in [0.5, 0.6) is 0 Å². The van der Waals surface area contributed by atoms with Crippen molar-refractivity contribution in [2.45, 2.75) is 124 Å². The van der Waals surface area contributed by atoms with Crippen LogP contribution in [0.3, 0.4) is 0 Å². The van der Waals surface area contributed by atoms with E-state index in [1.165, 1.54) is 29.8 Å². The third-order valence-corrected chi connectivity index (χ3v) is 20.0. The number of carbonyl (C=O) groups excluding carboxylic acids is 4. The number of hydrogen-bond donors (Lipinski definition) is 4. The summed E-state index contributed by atoms with van der Waals surface area (Å²) in [7, 11) is 0. The van der Waals surface area contributed by atoms with Crippen LogP contribution >= 0.6 is 0 Å². The van der Waals surface area contributed by atoms with Gasteiger partial charge in [-0.05, 0) is 226 Å². The molecule has 111 heavy (non-hydrogen) atoms. The molecule has 13 aromatic rings. The number of aromatic nitrogens is 8. The van der Waals surface area contributed by atoms with Crippen LogP contribution in [-0.2, 0) is 96.2 Å². The normalized spacial score (nSPS) is 12.3. The van der Waals surface area contributed by atoms with Gasteiger partial charge in [-0.15, -0.1) is 0 Å². The van der Waals surface area contributed by atoms with Crippen molar-refractivity contribution in [3.63, 3.8) is 0 Å². The summed E-state index contributed by atoms with van der Waals surface area (Å²) in [5.41, 5.74) is 20.9. The van der Waals surface area contributed by atoms with E-state index in [-0.39, 0.29) is 53.3 Å². The minimum atomic E-state index is -0.237. The highest BCUT2D eigenvalue weighted by molar-refractivity contribution is 5.95. The second-order valence-electron chi connectivity index (χ2n) is 28.1. The molecule has 556 valence electrons. The summed E-state index contributed by atoms with van der Waals surface area (Å²) in [5, 5.41) is 13.8. The maximum absolute atomic E-state index is 13.5. The van der Waals surface area contributed by atoms with Crippen LogP contribution < -0.4 is 21.3 Å². The molecule has 0 bridgehead atoms. The Morgan fingerprint density at radius 2 is 0.613 bits per heavy atom. The summed E-state index contributed by atoms with van der Waals surface area (Å²) in [6.07, 6.45) is 9.34. The third kappa shape index (κ3) is 18.5. The van der Waals surface area contributed by atoms with E-state index in [1.54, 1.807) is 48.5 Å². The van der Waals surface area contributed by atoms with Crippen LogP contribution in [0.1, 0.15) is 109 Å². The minimum absolute atomic E-state index is 0.0495. The van der Waals surface area contributed by atoms with Crippen molar-refractivity contribution in [2.75, 3.05) is 21.3 Å². The molecule has 4 N–H and O–H groups in total. The molecule has 0 radical (unpaired) electrons. The lowest BCUT2D eigenvalue weighted by Crippen LogP contribution is -2.19. The van der Waals surface area contributed by atoms with Crippen molar-refractivity contribution in [3.8, 4) is 45.0 Å². The second-order valence-corrected chi connectivity index (χ2v) is 28.1. The average Bonchev–Trinajstić information content (AvgIpc) is 0.791. The Bertz CT molecular complexity index is 5690. The van der Waals surface area contributed by atoms with E-state index in [1.807, 2.05) is 143 Å². The minimum Gasteiger partial charge on any atom is -0.309 e. The Labute approximate surface area is 640 Å². The number of halogens is 4. The Kier molecular flexibility index (Phi) is 23.1. The summed E-state index contributed by atoms with van der Waals surface area (Å²) in [6, 6.07) is 62.9. The lowest BCUT2D eigenvalue weighted by atomic mass is 9.91. The Morgan fingerprint density at radius 3 is 0.991 bits per heavy atom. The zero-order valence-corrected chi connectivity index (χ0v) is 62.0. The highest BCUT2D eigenvalue weighted by Gasteiger charge is 2.27. The fourth-order valence-electron chi connectivity index (χ4n) is 14.3. The topological polar surface area (TPSA) is 220 Å². The number of fused-ring (bicyclic) bond motifs is 13. The van der Waals surface area contributed by atoms with Crippen molar-refractivity contribution in [2.24, 2.45) is 0 Å². The van der Waals surface area contributed by atoms with Gasteiger partial charge in [-0.25, -0.2) is 57.4 Å². The molecular formula is C91H80F4N12O4. The number of aryl methyl sites for hydroxylation is 14. The molecule has 0 atom stereocenters. The molecular weight excluding hydrogens is 1400 g/mol. The molecule has 0 unspecified atom stereocenters. The Hall–Kier alpha value is -12.8. The van der Waals surface area contributed by atoms with Crippen LogP contribution in [0, 0.1) is 51.0 Å². The van der Waals surface area contributed by atoms with Gasteiger partial charge in [0, 0.05) is 35.1 Å². The largest absolute Gasteiger partial charge is 0.309 e. The molecule has 0 saturated heterocycles. The highest BCUT2D eigenvalue weighted by atomic mass is 19.1. The Morgan fingerprint density at radius 1 is 0.297 bits per heavy atom. The zero-order chi connectivity index (χ0) is 77.1. The first-order chi connectivity index (χ1) is 53.9. The van der Waals surface area contributed by atoms with Crippen LogP contribution in [0.4, 0.5) is 40.8 Å². The number of nitrogens with one attached hydrogen (secondary N) is 4. The standard InChI is InChI=1S/C25H20FN3O.C23H22FN3O.C22H20FN3O.C21H18FN3O/c1-15-25(28-22-11-8-19-14-20(26)9-10-21(19)24(22)27-15)29-23(30)13-16-6-7-17-4-2-3-5-18(17)12-16;1-15-23(27-21(28)9-5-8-16-6-3-2-4-7-16)26-20-13-10-17-14-18(24)11-12-19(17)22(20)25-15;1-14-22(26-20(27)12-7-15-5-3-2-4-6-15)25-19-11-8-16-13-17(23)9-10-18(16)21(19)24-14;1-13-21(25-19(26)11-14-5-3-2-4-6-14)24-18-10-7-15-12-16(22)8-9-17(15)20(18)23-13/h2-7,9-10,12,14H,8,11,13H2,1H3,(H,28,29,30);2-4,6-7,11-12,14H,5,8-10,13H2,1H3,(H,26,27,28);2-6,9-10,13H,7-8,11-12H2,1H3,(H,25,26,27);2-6,8-9,12H,7,10-11H2,1H3,(H,24,25,26). The summed E-state index contributed by atoms with van der Waals surface area (Å²) in [5.74, 6) is 0.720. The first-order valence-electron chi connectivity index (χ1n) is 37.3. The molecule has 0 fully saturated rings. The number of carbonyl (C=O) groups is 4. The molecule has 4 aliphatic carbocycles. The maximum atomic E-state index is 13.5. The van der Waals surface area contributed by atoms with Crippen molar-refractivity contribution in [1.29, 1.82) is 0 Å². The number of benzene rings is 9. The van der Waals surface area contributed by atoms with E-state index in [2.05, 4.69) is 79.3 Å². The predicted molar refractivity (Wildman–Crippen MR) is 425 cm³/mol. The summed E-state index contributed by atoms with van der Waals surface area (Å²) in [6.45, 7) is 7.32. The van der Waals surface area contributed by atoms with Gasteiger partial charge in [0.15, 0.2) is 23.3 Å². The summed E-state index contributed by atoms with van der Waals surface area (Å²) < 4.78 is 53.9. The number of rotatable bonds is 15. The van der Waals surface area contributed by atoms with E-state index in [4.69, 9.17) is 0 Å². The molecule has 17 rings (SSSR count). The molecule has 0 saturated carbocycles. The van der Waals surface area contributed by atoms with Crippen molar-refractivity contribution < 1.29 is 36.7 Å². The molecule has 4 amide bonds. The number of nitrogens with zero attached hydrogens (tertiary/aromatic N) is 8. The molecule has 4 aliphatic rings. The quantitative estimate of drug-likeness (QED) is 0.0705. The van der Waals surface area contributed by atoms with E-state index in [9.17, 15) is 36.7 Å². The first-order valence-corrected chi connectivity index (χ1v) is 37.3. The lowest BCUT2D eigenvalue weighted by Gasteiger charge is -2.20. The van der Waals surface area contributed by atoms with E-state index < -0.39 is 0 Å². The highest BCUT2D eigenvalue weighted by Crippen LogP contribution is 2.38. The SMILES string of the molecule is Cc1nc2c(nc1NC(=O)CCCc1ccccc1)CCc1cc(F)ccc1-2.Cc1nc2c(nc1NC(=O)CCc1ccccc1)CCc1cc(F)ccc1-2.Cc1nc2c(nc1NC(=O)Cc1ccc3ccccc3c1)CCc1cc(F)ccc1-2.Cc1nc2c(nc1NC(=O)Cc1ccccc1)CCc1cc(F)ccc1-2. The van der Waals surface area contributed by atoms with Gasteiger partial charge >= 0.3 is 0 Å². The fourth-order valence-corrected chi connectivity index (χ4v) is 14.3. The number of anilines is 4. The summed E-state index contributed by atoms with van der Waals surface area (Å²) >= 11 is 0. The monoisotopic (exact) mass is 1480 g/mol. The van der Waals surface area contributed by atoms with Crippen LogP contribution in [0.2, 0.25) is 0 Å². The molecule has 16 nitrogen and oxygen atoms in total. The van der Waals surface area contributed by atoms with Crippen molar-refractivity contribution in [3.05, 3.63) is 320 Å². The van der Waals surface area contributed by atoms with Gasteiger partial charge in [0.05, 0.1) is 81.2 Å². The Balaban J connectivity index is 0.000000123. The van der Waals surface area contributed by atoms with E-state index in [0.29, 0.717) is 104 Å². The fraction of sp³-hybridized carbons (Fsp3) is 0.209. The molecule has 20 heteroatoms. The van der Waals surface area contributed by atoms with Gasteiger partial charge < -0.3 is 21.3 Å². The lowest BCUT2D eigenvalue weighted by molar-refractivity contribution is -0.117. The average molecular weight is 1480 g/mol. The van der Waals surface area contributed by atoms with Crippen LogP contribution in [0.25, 0.3) is 55.8 Å².